The number of nitrogens with zero attached hydrogens (tertiary/aromatic N) is 1. The first-order chi connectivity index (χ1) is 15.1. The summed E-state index contributed by atoms with van der Waals surface area (Å²) in [6.07, 6.45) is 2.53. The number of likely N-dealkylation sites (tertiary alicyclic amines) is 1. The van der Waals surface area contributed by atoms with E-state index in [0.29, 0.717) is 17.9 Å². The molecule has 1 aliphatic rings. The van der Waals surface area contributed by atoms with Crippen LogP contribution in [0.25, 0.3) is 0 Å². The molecule has 31 heavy (non-hydrogen) atoms. The molecule has 0 saturated carbocycles. The second-order valence-electron chi connectivity index (χ2n) is 7.51. The maximum absolute atomic E-state index is 12.5. The van der Waals surface area contributed by atoms with E-state index in [0.717, 1.165) is 37.2 Å². The van der Waals surface area contributed by atoms with Gasteiger partial charge in [0.1, 0.15) is 11.5 Å². The molecule has 0 unspecified atom stereocenters. The van der Waals surface area contributed by atoms with E-state index >= 15 is 0 Å². The molecule has 0 radical (unpaired) electrons. The lowest BCUT2D eigenvalue weighted by Crippen LogP contribution is -2.38. The third-order valence-electron chi connectivity index (χ3n) is 5.56. The highest BCUT2D eigenvalue weighted by Crippen LogP contribution is 2.31. The van der Waals surface area contributed by atoms with Crippen molar-refractivity contribution < 1.29 is 19.1 Å². The average Bonchev–Trinajstić information content (AvgIpc) is 3.34. The Bertz CT molecular complexity index is 881. The summed E-state index contributed by atoms with van der Waals surface area (Å²) < 4.78 is 10.8. The maximum Gasteiger partial charge on any atom is 0.255 e. The zero-order valence-electron chi connectivity index (χ0n) is 18.2. The number of benzene rings is 2. The van der Waals surface area contributed by atoms with E-state index in [1.807, 2.05) is 24.3 Å². The van der Waals surface area contributed by atoms with E-state index < -0.39 is 0 Å². The van der Waals surface area contributed by atoms with Crippen molar-refractivity contribution in [1.82, 2.24) is 15.5 Å². The minimum absolute atomic E-state index is 0.0609. The van der Waals surface area contributed by atoms with Gasteiger partial charge in [0.2, 0.25) is 5.91 Å². The average molecular weight is 426 g/mol. The summed E-state index contributed by atoms with van der Waals surface area (Å²) in [6, 6.07) is 15.0. The van der Waals surface area contributed by atoms with Crippen molar-refractivity contribution >= 4 is 11.8 Å². The highest BCUT2D eigenvalue weighted by Gasteiger charge is 2.26. The maximum atomic E-state index is 12.5. The van der Waals surface area contributed by atoms with Gasteiger partial charge in [-0.15, -0.1) is 0 Å². The van der Waals surface area contributed by atoms with Crippen molar-refractivity contribution in [3.05, 3.63) is 59.7 Å². The van der Waals surface area contributed by atoms with Crippen LogP contribution in [-0.4, -0.2) is 57.1 Å². The highest BCUT2D eigenvalue weighted by atomic mass is 16.5. The third-order valence-corrected chi connectivity index (χ3v) is 5.56. The third kappa shape index (κ3) is 5.98. The van der Waals surface area contributed by atoms with Gasteiger partial charge < -0.3 is 20.1 Å². The number of carbonyl (C=O) groups is 2. The van der Waals surface area contributed by atoms with Crippen LogP contribution in [0, 0.1) is 0 Å². The van der Waals surface area contributed by atoms with E-state index in [1.54, 1.807) is 25.3 Å². The van der Waals surface area contributed by atoms with Crippen LogP contribution >= 0.6 is 0 Å². The van der Waals surface area contributed by atoms with Gasteiger partial charge in [0.05, 0.1) is 25.8 Å². The molecule has 0 aromatic heterocycles. The zero-order valence-corrected chi connectivity index (χ0v) is 18.2. The molecule has 0 bridgehead atoms. The fourth-order valence-corrected chi connectivity index (χ4v) is 3.95. The Balaban J connectivity index is 1.53. The van der Waals surface area contributed by atoms with Gasteiger partial charge in [-0.05, 0) is 44.1 Å². The Labute approximate surface area is 183 Å². The van der Waals surface area contributed by atoms with E-state index in [1.165, 1.54) is 7.11 Å². The fraction of sp³-hybridized carbons (Fsp3) is 0.417. The normalized spacial score (nSPS) is 14.6. The summed E-state index contributed by atoms with van der Waals surface area (Å²) in [5.74, 6) is 0.987. The number of rotatable bonds is 10. The molecule has 166 valence electrons. The first-order valence-electron chi connectivity index (χ1n) is 10.7. The molecule has 2 aromatic rings. The number of hydrogen-bond acceptors (Lipinski definition) is 5. The van der Waals surface area contributed by atoms with Crippen LogP contribution in [0.5, 0.6) is 11.5 Å². The molecule has 1 heterocycles. The van der Waals surface area contributed by atoms with Gasteiger partial charge in [0.25, 0.3) is 5.91 Å². The summed E-state index contributed by atoms with van der Waals surface area (Å²) in [5, 5.41) is 5.82. The second-order valence-corrected chi connectivity index (χ2v) is 7.51. The monoisotopic (exact) mass is 425 g/mol. The Morgan fingerprint density at radius 3 is 2.29 bits per heavy atom. The molecule has 2 N–H and O–H groups in total. The van der Waals surface area contributed by atoms with Crippen LogP contribution in [0.15, 0.2) is 48.5 Å². The van der Waals surface area contributed by atoms with Crippen molar-refractivity contribution in [2.45, 2.75) is 25.3 Å². The molecule has 0 spiro atoms. The number of carbonyl (C=O) groups excluding carboxylic acids is 2. The first kappa shape index (κ1) is 22.6. The van der Waals surface area contributed by atoms with E-state index in [-0.39, 0.29) is 30.8 Å². The predicted octanol–water partition coefficient (Wildman–Crippen LogP) is 2.78. The predicted molar refractivity (Wildman–Crippen MR) is 119 cm³/mol. The molecule has 1 saturated heterocycles. The lowest BCUT2D eigenvalue weighted by atomic mass is 10.0. The van der Waals surface area contributed by atoms with Crippen molar-refractivity contribution in [2.24, 2.45) is 0 Å². The minimum atomic E-state index is -0.255. The lowest BCUT2D eigenvalue weighted by Gasteiger charge is -2.29. The van der Waals surface area contributed by atoms with Crippen LogP contribution in [0.4, 0.5) is 0 Å². The van der Waals surface area contributed by atoms with Gasteiger partial charge in [-0.25, -0.2) is 0 Å². The van der Waals surface area contributed by atoms with Gasteiger partial charge in [-0.3, -0.25) is 14.5 Å². The topological polar surface area (TPSA) is 79.9 Å². The number of amides is 2. The summed E-state index contributed by atoms with van der Waals surface area (Å²) in [7, 11) is 3.20. The lowest BCUT2D eigenvalue weighted by molar-refractivity contribution is -0.121. The fourth-order valence-electron chi connectivity index (χ4n) is 3.95. The molecule has 1 aliphatic heterocycles. The summed E-state index contributed by atoms with van der Waals surface area (Å²) in [5.41, 5.74) is 1.53. The van der Waals surface area contributed by atoms with E-state index in [2.05, 4.69) is 21.6 Å². The number of hydrogen-bond donors (Lipinski definition) is 2. The SMILES string of the molecule is COc1ccccc1C(=O)NCCC(=O)NC[C@@H](c1ccccc1OC)N1CCCC1. The Morgan fingerprint density at radius 2 is 1.58 bits per heavy atom. The van der Waals surface area contributed by atoms with Gasteiger partial charge in [0.15, 0.2) is 0 Å². The smallest absolute Gasteiger partial charge is 0.255 e. The van der Waals surface area contributed by atoms with Crippen LogP contribution in [0.3, 0.4) is 0 Å². The summed E-state index contributed by atoms with van der Waals surface area (Å²) in [4.78, 5) is 27.2. The standard InChI is InChI=1S/C24H31N3O4/c1-30-21-11-5-3-9-18(21)20(27-15-7-8-16-27)17-26-23(28)13-14-25-24(29)19-10-4-6-12-22(19)31-2/h3-6,9-12,20H,7-8,13-17H2,1-2H3,(H,25,29)(H,26,28)/t20-/m0/s1. The molecule has 1 atom stereocenters. The Kier molecular flexibility index (Phi) is 8.29. The molecular weight excluding hydrogens is 394 g/mol. The Morgan fingerprint density at radius 1 is 0.935 bits per heavy atom. The van der Waals surface area contributed by atoms with E-state index in [4.69, 9.17) is 9.47 Å². The zero-order chi connectivity index (χ0) is 22.1. The molecular formula is C24H31N3O4. The number of para-hydroxylation sites is 2. The molecule has 3 rings (SSSR count). The largest absolute Gasteiger partial charge is 0.496 e. The summed E-state index contributed by atoms with van der Waals surface area (Å²) >= 11 is 0. The highest BCUT2D eigenvalue weighted by molar-refractivity contribution is 5.97. The van der Waals surface area contributed by atoms with Crippen LogP contribution in [0.2, 0.25) is 0 Å². The Hall–Kier alpha value is -3.06. The van der Waals surface area contributed by atoms with Crippen LogP contribution in [0.1, 0.15) is 41.2 Å². The molecule has 0 aliphatic carbocycles. The molecule has 1 fully saturated rings. The van der Waals surface area contributed by atoms with Gasteiger partial charge in [-0.2, -0.15) is 0 Å². The molecule has 2 aromatic carbocycles. The number of ether oxygens (including phenoxy) is 2. The summed E-state index contributed by atoms with van der Waals surface area (Å²) in [6.45, 7) is 2.77. The second kappa shape index (κ2) is 11.4. The van der Waals surface area contributed by atoms with Crippen LogP contribution < -0.4 is 20.1 Å². The van der Waals surface area contributed by atoms with E-state index in [9.17, 15) is 9.59 Å². The first-order valence-corrected chi connectivity index (χ1v) is 10.7. The van der Waals surface area contributed by atoms with Gasteiger partial charge in [0, 0.05) is 25.1 Å². The molecule has 2 amide bonds. The van der Waals surface area contributed by atoms with Gasteiger partial charge in [-0.1, -0.05) is 30.3 Å². The minimum Gasteiger partial charge on any atom is -0.496 e. The molecule has 7 heteroatoms. The van der Waals surface area contributed by atoms with Crippen molar-refractivity contribution in [1.29, 1.82) is 0 Å². The van der Waals surface area contributed by atoms with Crippen molar-refractivity contribution in [3.63, 3.8) is 0 Å². The van der Waals surface area contributed by atoms with Gasteiger partial charge >= 0.3 is 0 Å². The number of nitrogens with one attached hydrogen (secondary N) is 2. The van der Waals surface area contributed by atoms with Crippen molar-refractivity contribution in [3.8, 4) is 11.5 Å². The van der Waals surface area contributed by atoms with Crippen LogP contribution in [-0.2, 0) is 4.79 Å². The molecule has 7 nitrogen and oxygen atoms in total. The van der Waals surface area contributed by atoms with Crippen molar-refractivity contribution in [2.75, 3.05) is 40.4 Å². The quantitative estimate of drug-likeness (QED) is 0.612. The number of methoxy groups -OCH3 is 2.